The van der Waals surface area contributed by atoms with Crippen LogP contribution in [-0.4, -0.2) is 23.3 Å². The number of methoxy groups -OCH3 is 1. The summed E-state index contributed by atoms with van der Waals surface area (Å²) in [5.74, 6) is 0.865. The molecule has 2 rings (SSSR count). The summed E-state index contributed by atoms with van der Waals surface area (Å²) in [5.41, 5.74) is 2.26. The molecule has 0 bridgehead atoms. The zero-order valence-electron chi connectivity index (χ0n) is 11.8. The zero-order valence-corrected chi connectivity index (χ0v) is 11.8. The van der Waals surface area contributed by atoms with E-state index < -0.39 is 0 Å². The van der Waals surface area contributed by atoms with Crippen molar-refractivity contribution in [3.8, 4) is 5.75 Å². The summed E-state index contributed by atoms with van der Waals surface area (Å²) >= 11 is 0. The number of hydrogen-bond donors (Lipinski definition) is 1. The second kappa shape index (κ2) is 7.65. The lowest BCUT2D eigenvalue weighted by Crippen LogP contribution is -2.09. The van der Waals surface area contributed by atoms with Crippen molar-refractivity contribution >= 4 is 0 Å². The van der Waals surface area contributed by atoms with Gasteiger partial charge in [-0.15, -0.1) is 0 Å². The molecule has 0 aliphatic heterocycles. The van der Waals surface area contributed by atoms with Gasteiger partial charge in [-0.05, 0) is 55.5 Å². The highest BCUT2D eigenvalue weighted by Gasteiger charge is 2.06. The summed E-state index contributed by atoms with van der Waals surface area (Å²) in [6.07, 6.45) is 4.75. The Balaban J connectivity index is 1.73. The molecule has 1 heterocycles. The Kier molecular flexibility index (Phi) is 5.56. The average Bonchev–Trinajstić information content (AvgIpc) is 2.52. The van der Waals surface area contributed by atoms with E-state index in [9.17, 15) is 5.11 Å². The van der Waals surface area contributed by atoms with E-state index in [1.54, 1.807) is 13.3 Å². The predicted octanol–water partition coefficient (Wildman–Crippen LogP) is 3.02. The van der Waals surface area contributed by atoms with Crippen LogP contribution >= 0.6 is 0 Å². The summed E-state index contributed by atoms with van der Waals surface area (Å²) in [4.78, 5) is 4.26. The summed E-state index contributed by atoms with van der Waals surface area (Å²) in [7, 11) is 1.66. The fourth-order valence-electron chi connectivity index (χ4n) is 2.13. The lowest BCUT2D eigenvalue weighted by atomic mass is 10.0. The van der Waals surface area contributed by atoms with E-state index in [0.717, 1.165) is 37.1 Å². The molecule has 0 spiro atoms. The van der Waals surface area contributed by atoms with Crippen molar-refractivity contribution < 1.29 is 9.84 Å². The summed E-state index contributed by atoms with van der Waals surface area (Å²) < 4.78 is 5.13. The van der Waals surface area contributed by atoms with Crippen molar-refractivity contribution in [3.63, 3.8) is 0 Å². The second-order valence-corrected chi connectivity index (χ2v) is 4.90. The van der Waals surface area contributed by atoms with Crippen molar-refractivity contribution in [2.24, 2.45) is 0 Å². The largest absolute Gasteiger partial charge is 0.497 e. The van der Waals surface area contributed by atoms with Gasteiger partial charge in [-0.1, -0.05) is 18.2 Å². The fourth-order valence-corrected chi connectivity index (χ4v) is 2.13. The number of aromatic nitrogens is 1. The number of rotatable bonds is 7. The van der Waals surface area contributed by atoms with Gasteiger partial charge in [0.2, 0.25) is 0 Å². The second-order valence-electron chi connectivity index (χ2n) is 4.90. The first kappa shape index (κ1) is 14.5. The van der Waals surface area contributed by atoms with Gasteiger partial charge in [0, 0.05) is 11.9 Å². The minimum absolute atomic E-state index is 0.279. The maximum atomic E-state index is 10.0. The van der Waals surface area contributed by atoms with E-state index in [1.165, 1.54) is 5.56 Å². The van der Waals surface area contributed by atoms with Gasteiger partial charge in [0.05, 0.1) is 13.2 Å². The molecular formula is C17H21NO2. The van der Waals surface area contributed by atoms with Gasteiger partial charge >= 0.3 is 0 Å². The van der Waals surface area contributed by atoms with Crippen LogP contribution in [0.4, 0.5) is 0 Å². The molecule has 0 amide bonds. The van der Waals surface area contributed by atoms with Crippen LogP contribution in [0.3, 0.4) is 0 Å². The third-order valence-corrected chi connectivity index (χ3v) is 3.39. The molecule has 2 aromatic rings. The normalized spacial score (nSPS) is 12.1. The molecule has 0 fully saturated rings. The van der Waals surface area contributed by atoms with Crippen LogP contribution in [0, 0.1) is 0 Å². The first-order valence-electron chi connectivity index (χ1n) is 6.99. The quantitative estimate of drug-likeness (QED) is 0.841. The Hall–Kier alpha value is -1.87. The minimum Gasteiger partial charge on any atom is -0.497 e. The smallest absolute Gasteiger partial charge is 0.118 e. The third-order valence-electron chi connectivity index (χ3n) is 3.39. The maximum absolute atomic E-state index is 10.0. The molecule has 1 aromatic carbocycles. The summed E-state index contributed by atoms with van der Waals surface area (Å²) in [6, 6.07) is 13.9. The molecule has 0 aliphatic carbocycles. The molecule has 20 heavy (non-hydrogen) atoms. The zero-order chi connectivity index (χ0) is 14.2. The van der Waals surface area contributed by atoms with Crippen molar-refractivity contribution in [2.45, 2.75) is 31.8 Å². The van der Waals surface area contributed by atoms with Gasteiger partial charge < -0.3 is 9.84 Å². The molecule has 106 valence electrons. The first-order valence-corrected chi connectivity index (χ1v) is 6.99. The molecule has 1 aromatic heterocycles. The van der Waals surface area contributed by atoms with Crippen LogP contribution in [0.1, 0.15) is 24.1 Å². The Morgan fingerprint density at radius 2 is 1.80 bits per heavy atom. The SMILES string of the molecule is COc1ccc(CCC(O)CCc2ccccn2)cc1. The molecule has 1 atom stereocenters. The van der Waals surface area contributed by atoms with Crippen molar-refractivity contribution in [1.29, 1.82) is 0 Å². The molecule has 0 aliphatic rings. The topological polar surface area (TPSA) is 42.4 Å². The van der Waals surface area contributed by atoms with Crippen molar-refractivity contribution in [2.75, 3.05) is 7.11 Å². The highest BCUT2D eigenvalue weighted by Crippen LogP contribution is 2.14. The molecular weight excluding hydrogens is 250 g/mol. The molecule has 0 saturated carbocycles. The average molecular weight is 271 g/mol. The van der Waals surface area contributed by atoms with E-state index in [-0.39, 0.29) is 6.10 Å². The number of benzene rings is 1. The van der Waals surface area contributed by atoms with Gasteiger partial charge in [0.15, 0.2) is 0 Å². The van der Waals surface area contributed by atoms with Crippen LogP contribution < -0.4 is 4.74 Å². The Morgan fingerprint density at radius 3 is 2.45 bits per heavy atom. The van der Waals surface area contributed by atoms with Gasteiger partial charge in [0.1, 0.15) is 5.75 Å². The predicted molar refractivity (Wildman–Crippen MR) is 79.9 cm³/mol. The van der Waals surface area contributed by atoms with Crippen LogP contribution in [0.2, 0.25) is 0 Å². The van der Waals surface area contributed by atoms with Gasteiger partial charge in [-0.25, -0.2) is 0 Å². The number of hydrogen-bond acceptors (Lipinski definition) is 3. The number of aliphatic hydroxyl groups is 1. The van der Waals surface area contributed by atoms with Gasteiger partial charge in [0.25, 0.3) is 0 Å². The van der Waals surface area contributed by atoms with E-state index in [4.69, 9.17) is 4.74 Å². The number of pyridine rings is 1. The lowest BCUT2D eigenvalue weighted by Gasteiger charge is -2.10. The minimum atomic E-state index is -0.279. The summed E-state index contributed by atoms with van der Waals surface area (Å²) in [5, 5.41) is 10.0. The van der Waals surface area contributed by atoms with Gasteiger partial charge in [-0.3, -0.25) is 4.98 Å². The number of ether oxygens (including phenoxy) is 1. The highest BCUT2D eigenvalue weighted by atomic mass is 16.5. The number of nitrogens with zero attached hydrogens (tertiary/aromatic N) is 1. The van der Waals surface area contributed by atoms with Crippen LogP contribution in [0.15, 0.2) is 48.7 Å². The molecule has 0 radical (unpaired) electrons. The Labute approximate surface area is 120 Å². The Bertz CT molecular complexity index is 496. The first-order chi connectivity index (χ1) is 9.78. The maximum Gasteiger partial charge on any atom is 0.118 e. The Morgan fingerprint density at radius 1 is 1.05 bits per heavy atom. The van der Waals surface area contributed by atoms with Crippen molar-refractivity contribution in [3.05, 3.63) is 59.9 Å². The van der Waals surface area contributed by atoms with E-state index in [0.29, 0.717) is 0 Å². The fraction of sp³-hybridized carbons (Fsp3) is 0.353. The van der Waals surface area contributed by atoms with Gasteiger partial charge in [-0.2, -0.15) is 0 Å². The number of aliphatic hydroxyl groups excluding tert-OH is 1. The molecule has 3 nitrogen and oxygen atoms in total. The third kappa shape index (κ3) is 4.67. The molecule has 1 N–H and O–H groups in total. The lowest BCUT2D eigenvalue weighted by molar-refractivity contribution is 0.155. The van der Waals surface area contributed by atoms with Crippen LogP contribution in [0.5, 0.6) is 5.75 Å². The van der Waals surface area contributed by atoms with Crippen LogP contribution in [-0.2, 0) is 12.8 Å². The van der Waals surface area contributed by atoms with E-state index in [1.807, 2.05) is 42.5 Å². The standard InChI is InChI=1S/C17H21NO2/c1-20-17-11-6-14(7-12-17)5-9-16(19)10-8-15-4-2-3-13-18-15/h2-4,6-7,11-13,16,19H,5,8-10H2,1H3. The van der Waals surface area contributed by atoms with E-state index in [2.05, 4.69) is 4.98 Å². The molecule has 3 heteroatoms. The van der Waals surface area contributed by atoms with Crippen LogP contribution in [0.25, 0.3) is 0 Å². The van der Waals surface area contributed by atoms with E-state index >= 15 is 0 Å². The highest BCUT2D eigenvalue weighted by molar-refractivity contribution is 5.27. The number of aryl methyl sites for hydroxylation is 2. The molecule has 1 unspecified atom stereocenters. The summed E-state index contributed by atoms with van der Waals surface area (Å²) in [6.45, 7) is 0. The van der Waals surface area contributed by atoms with Crippen molar-refractivity contribution in [1.82, 2.24) is 4.98 Å². The monoisotopic (exact) mass is 271 g/mol. The molecule has 0 saturated heterocycles.